The number of rotatable bonds is 4. The van der Waals surface area contributed by atoms with E-state index in [2.05, 4.69) is 15.8 Å². The average molecular weight is 319 g/mol. The number of benzene rings is 1. The van der Waals surface area contributed by atoms with Crippen molar-refractivity contribution in [1.82, 2.24) is 4.40 Å². The zero-order chi connectivity index (χ0) is 16.5. The van der Waals surface area contributed by atoms with Crippen LogP contribution in [0.25, 0.3) is 5.52 Å². The largest absolute Gasteiger partial charge is 0.399 e. The number of carbonyl (C=O) groups is 1. The SMILES string of the molecule is Nc1ccc(NCCc2c3c(n4ccccc24)C(=O)CCC3)cc1. The molecule has 1 aliphatic rings. The molecule has 0 amide bonds. The van der Waals surface area contributed by atoms with Crippen LogP contribution in [0, 0.1) is 0 Å². The van der Waals surface area contributed by atoms with Crippen molar-refractivity contribution in [2.24, 2.45) is 0 Å². The Bertz CT molecular complexity index is 893. The van der Waals surface area contributed by atoms with Gasteiger partial charge in [-0.05, 0) is 66.8 Å². The highest BCUT2D eigenvalue weighted by molar-refractivity contribution is 5.99. The summed E-state index contributed by atoms with van der Waals surface area (Å²) >= 11 is 0. The Morgan fingerprint density at radius 3 is 2.75 bits per heavy atom. The highest BCUT2D eigenvalue weighted by Crippen LogP contribution is 2.30. The zero-order valence-electron chi connectivity index (χ0n) is 13.6. The number of fused-ring (bicyclic) bond motifs is 3. The van der Waals surface area contributed by atoms with E-state index in [1.165, 1.54) is 11.1 Å². The van der Waals surface area contributed by atoms with Crippen molar-refractivity contribution in [2.45, 2.75) is 25.7 Å². The molecule has 4 heteroatoms. The topological polar surface area (TPSA) is 59.5 Å². The summed E-state index contributed by atoms with van der Waals surface area (Å²) in [6, 6.07) is 13.9. The van der Waals surface area contributed by atoms with Crippen LogP contribution < -0.4 is 11.1 Å². The number of aromatic nitrogens is 1. The fourth-order valence-corrected chi connectivity index (χ4v) is 3.65. The summed E-state index contributed by atoms with van der Waals surface area (Å²) in [6.45, 7) is 0.832. The molecule has 24 heavy (non-hydrogen) atoms. The third-order valence-corrected chi connectivity index (χ3v) is 4.77. The van der Waals surface area contributed by atoms with E-state index in [-0.39, 0.29) is 5.78 Å². The van der Waals surface area contributed by atoms with Crippen LogP contribution in [0.1, 0.15) is 34.5 Å². The Labute approximate surface area is 141 Å². The first-order valence-corrected chi connectivity index (χ1v) is 8.47. The minimum absolute atomic E-state index is 0.273. The Morgan fingerprint density at radius 1 is 1.08 bits per heavy atom. The van der Waals surface area contributed by atoms with Gasteiger partial charge in [0, 0.05) is 36.1 Å². The van der Waals surface area contributed by atoms with Crippen LogP contribution >= 0.6 is 0 Å². The van der Waals surface area contributed by atoms with Gasteiger partial charge < -0.3 is 15.5 Å². The second-order valence-corrected chi connectivity index (χ2v) is 6.34. The number of anilines is 2. The van der Waals surface area contributed by atoms with Gasteiger partial charge in [-0.25, -0.2) is 0 Å². The number of Topliss-reactive ketones (excluding diaryl/α,β-unsaturated/α-hetero) is 1. The van der Waals surface area contributed by atoms with Crippen LogP contribution in [0.5, 0.6) is 0 Å². The molecule has 2 heterocycles. The second kappa shape index (κ2) is 6.04. The number of hydrogen-bond acceptors (Lipinski definition) is 3. The number of nitrogens with two attached hydrogens (primary N) is 1. The highest BCUT2D eigenvalue weighted by Gasteiger charge is 2.25. The summed E-state index contributed by atoms with van der Waals surface area (Å²) in [5, 5.41) is 3.44. The van der Waals surface area contributed by atoms with Gasteiger partial charge in [-0.1, -0.05) is 6.07 Å². The van der Waals surface area contributed by atoms with Crippen LogP contribution in [0.3, 0.4) is 0 Å². The fraction of sp³-hybridized carbons (Fsp3) is 0.250. The molecule has 4 nitrogen and oxygen atoms in total. The minimum atomic E-state index is 0.273. The van der Waals surface area contributed by atoms with Crippen LogP contribution in [0.15, 0.2) is 48.7 Å². The van der Waals surface area contributed by atoms with E-state index >= 15 is 0 Å². The maximum atomic E-state index is 12.4. The molecule has 0 bridgehead atoms. The summed E-state index contributed by atoms with van der Waals surface area (Å²) in [5.74, 6) is 0.273. The molecule has 1 aliphatic carbocycles. The number of pyridine rings is 1. The number of nitrogen functional groups attached to an aromatic ring is 1. The van der Waals surface area contributed by atoms with Crippen molar-refractivity contribution in [3.8, 4) is 0 Å². The summed E-state index contributed by atoms with van der Waals surface area (Å²) in [7, 11) is 0. The Kier molecular flexibility index (Phi) is 3.73. The van der Waals surface area contributed by atoms with Gasteiger partial charge in [0.15, 0.2) is 5.78 Å². The van der Waals surface area contributed by atoms with Crippen molar-refractivity contribution in [3.05, 3.63) is 65.5 Å². The summed E-state index contributed by atoms with van der Waals surface area (Å²) in [4.78, 5) is 12.4. The van der Waals surface area contributed by atoms with Gasteiger partial charge in [-0.3, -0.25) is 4.79 Å². The summed E-state index contributed by atoms with van der Waals surface area (Å²) < 4.78 is 2.08. The predicted molar refractivity (Wildman–Crippen MR) is 97.7 cm³/mol. The molecule has 0 fully saturated rings. The smallest absolute Gasteiger partial charge is 0.179 e. The molecular weight excluding hydrogens is 298 g/mol. The first-order valence-electron chi connectivity index (χ1n) is 8.47. The van der Waals surface area contributed by atoms with Gasteiger partial charge in [-0.15, -0.1) is 0 Å². The van der Waals surface area contributed by atoms with Gasteiger partial charge in [0.05, 0.1) is 5.69 Å². The van der Waals surface area contributed by atoms with Gasteiger partial charge in [-0.2, -0.15) is 0 Å². The van der Waals surface area contributed by atoms with Gasteiger partial charge >= 0.3 is 0 Å². The molecule has 3 N–H and O–H groups in total. The lowest BCUT2D eigenvalue weighted by Crippen LogP contribution is -2.13. The first kappa shape index (κ1) is 14.8. The number of carbonyl (C=O) groups excluding carboxylic acids is 1. The Morgan fingerprint density at radius 2 is 1.92 bits per heavy atom. The van der Waals surface area contributed by atoms with Gasteiger partial charge in [0.1, 0.15) is 0 Å². The molecule has 3 aromatic rings. The van der Waals surface area contributed by atoms with E-state index in [0.717, 1.165) is 48.4 Å². The maximum Gasteiger partial charge on any atom is 0.179 e. The molecule has 0 spiro atoms. The van der Waals surface area contributed by atoms with E-state index in [4.69, 9.17) is 5.73 Å². The molecule has 0 aliphatic heterocycles. The minimum Gasteiger partial charge on any atom is -0.399 e. The van der Waals surface area contributed by atoms with Crippen molar-refractivity contribution >= 4 is 22.7 Å². The lowest BCUT2D eigenvalue weighted by Gasteiger charge is -2.13. The van der Waals surface area contributed by atoms with Crippen LogP contribution in [0.4, 0.5) is 11.4 Å². The average Bonchev–Trinajstić information content (AvgIpc) is 2.92. The fourth-order valence-electron chi connectivity index (χ4n) is 3.65. The quantitative estimate of drug-likeness (QED) is 0.721. The molecule has 122 valence electrons. The van der Waals surface area contributed by atoms with Crippen LogP contribution in [-0.2, 0) is 12.8 Å². The van der Waals surface area contributed by atoms with Crippen molar-refractivity contribution in [3.63, 3.8) is 0 Å². The Balaban J connectivity index is 1.62. The Hall–Kier alpha value is -2.75. The molecule has 1 aromatic carbocycles. The third-order valence-electron chi connectivity index (χ3n) is 4.77. The molecule has 2 aromatic heterocycles. The first-order chi connectivity index (χ1) is 11.7. The third kappa shape index (κ3) is 2.54. The molecule has 0 atom stereocenters. The number of nitrogens with zero attached hydrogens (tertiary/aromatic N) is 1. The number of ketones is 1. The lowest BCUT2D eigenvalue weighted by atomic mass is 9.92. The zero-order valence-corrected chi connectivity index (χ0v) is 13.6. The van der Waals surface area contributed by atoms with E-state index in [9.17, 15) is 4.79 Å². The monoisotopic (exact) mass is 319 g/mol. The van der Waals surface area contributed by atoms with E-state index in [1.54, 1.807) is 0 Å². The predicted octanol–water partition coefficient (Wildman–Crippen LogP) is 3.70. The molecule has 4 rings (SSSR count). The van der Waals surface area contributed by atoms with Crippen LogP contribution in [0.2, 0.25) is 0 Å². The summed E-state index contributed by atoms with van der Waals surface area (Å²) in [5.41, 5.74) is 12.2. The van der Waals surface area contributed by atoms with E-state index in [1.807, 2.05) is 42.6 Å². The van der Waals surface area contributed by atoms with Crippen molar-refractivity contribution < 1.29 is 4.79 Å². The van der Waals surface area contributed by atoms with Gasteiger partial charge in [0.2, 0.25) is 0 Å². The number of hydrogen-bond donors (Lipinski definition) is 2. The number of nitrogens with one attached hydrogen (secondary N) is 1. The maximum absolute atomic E-state index is 12.4. The standard InChI is InChI=1S/C20H21N3O/c21-14-7-9-15(10-8-14)22-12-11-16-17-4-3-6-19(24)20(17)23-13-2-1-5-18(16)23/h1-2,5,7-10,13,22H,3-4,6,11-12,21H2. The molecule has 0 unspecified atom stereocenters. The highest BCUT2D eigenvalue weighted by atomic mass is 16.1. The lowest BCUT2D eigenvalue weighted by molar-refractivity contribution is 0.0966. The van der Waals surface area contributed by atoms with E-state index < -0.39 is 0 Å². The molecule has 0 saturated carbocycles. The second-order valence-electron chi connectivity index (χ2n) is 6.34. The van der Waals surface area contributed by atoms with E-state index in [0.29, 0.717) is 6.42 Å². The van der Waals surface area contributed by atoms with Crippen molar-refractivity contribution in [1.29, 1.82) is 0 Å². The van der Waals surface area contributed by atoms with Gasteiger partial charge in [0.25, 0.3) is 0 Å². The molecule has 0 saturated heterocycles. The summed E-state index contributed by atoms with van der Waals surface area (Å²) in [6.07, 6.45) is 5.53. The normalized spacial score (nSPS) is 13.9. The van der Waals surface area contributed by atoms with Crippen LogP contribution in [-0.4, -0.2) is 16.7 Å². The molecular formula is C20H21N3O. The van der Waals surface area contributed by atoms with Crippen molar-refractivity contribution in [2.75, 3.05) is 17.6 Å². The molecule has 0 radical (unpaired) electrons.